The first-order valence-corrected chi connectivity index (χ1v) is 6.25. The van der Waals surface area contributed by atoms with Crippen molar-refractivity contribution in [2.24, 2.45) is 0 Å². The molecule has 3 rings (SSSR count). The SMILES string of the molecule is CCOC(=O)c1c(C)nn2cc(-c3ccoc3)cnc12. The van der Waals surface area contributed by atoms with Crippen LogP contribution in [0.3, 0.4) is 0 Å². The number of nitrogens with zero attached hydrogens (tertiary/aromatic N) is 3. The van der Waals surface area contributed by atoms with E-state index in [1.165, 1.54) is 0 Å². The third kappa shape index (κ3) is 1.95. The van der Waals surface area contributed by atoms with Gasteiger partial charge in [0, 0.05) is 23.5 Å². The number of hydrogen-bond acceptors (Lipinski definition) is 5. The standard InChI is InChI=1S/C14H13N3O3/c1-3-20-14(18)12-9(2)16-17-7-11(6-15-13(12)17)10-4-5-19-8-10/h4-8H,3H2,1-2H3. The van der Waals surface area contributed by atoms with Gasteiger partial charge in [-0.3, -0.25) is 0 Å². The number of carbonyl (C=O) groups is 1. The first-order valence-electron chi connectivity index (χ1n) is 6.25. The van der Waals surface area contributed by atoms with Crippen LogP contribution >= 0.6 is 0 Å². The number of carbonyl (C=O) groups excluding carboxylic acids is 1. The molecular formula is C14H13N3O3. The second-order valence-corrected chi connectivity index (χ2v) is 4.30. The molecule has 0 aliphatic carbocycles. The molecule has 0 unspecified atom stereocenters. The highest BCUT2D eigenvalue weighted by Crippen LogP contribution is 2.21. The summed E-state index contributed by atoms with van der Waals surface area (Å²) < 4.78 is 11.7. The number of hydrogen-bond donors (Lipinski definition) is 0. The molecule has 3 aromatic heterocycles. The lowest BCUT2D eigenvalue weighted by atomic mass is 10.2. The first-order chi connectivity index (χ1) is 9.70. The highest BCUT2D eigenvalue weighted by Gasteiger charge is 2.19. The normalized spacial score (nSPS) is 10.9. The maximum Gasteiger partial charge on any atom is 0.343 e. The van der Waals surface area contributed by atoms with Crippen molar-refractivity contribution in [3.8, 4) is 11.1 Å². The number of fused-ring (bicyclic) bond motifs is 1. The molecule has 20 heavy (non-hydrogen) atoms. The summed E-state index contributed by atoms with van der Waals surface area (Å²) in [6.07, 6.45) is 6.72. The van der Waals surface area contributed by atoms with Crippen molar-refractivity contribution >= 4 is 11.6 Å². The van der Waals surface area contributed by atoms with Crippen LogP contribution in [0.1, 0.15) is 23.0 Å². The molecule has 0 aromatic carbocycles. The van der Waals surface area contributed by atoms with E-state index in [9.17, 15) is 4.79 Å². The van der Waals surface area contributed by atoms with E-state index >= 15 is 0 Å². The van der Waals surface area contributed by atoms with Gasteiger partial charge in [0.2, 0.25) is 0 Å². The predicted octanol–water partition coefficient (Wildman–Crippen LogP) is 2.47. The van der Waals surface area contributed by atoms with E-state index in [0.717, 1.165) is 11.1 Å². The van der Waals surface area contributed by atoms with Crippen LogP contribution in [0.4, 0.5) is 0 Å². The molecule has 0 amide bonds. The van der Waals surface area contributed by atoms with Crippen LogP contribution in [0, 0.1) is 6.92 Å². The molecule has 0 spiro atoms. The van der Waals surface area contributed by atoms with Gasteiger partial charge in [-0.05, 0) is 19.9 Å². The Kier molecular flexibility index (Phi) is 2.98. The van der Waals surface area contributed by atoms with E-state index in [-0.39, 0.29) is 0 Å². The predicted molar refractivity (Wildman–Crippen MR) is 71.4 cm³/mol. The fourth-order valence-electron chi connectivity index (χ4n) is 2.06. The third-order valence-corrected chi connectivity index (χ3v) is 2.98. The van der Waals surface area contributed by atoms with Gasteiger partial charge in [0.15, 0.2) is 5.65 Å². The Labute approximate surface area is 115 Å². The van der Waals surface area contributed by atoms with Gasteiger partial charge in [-0.2, -0.15) is 5.10 Å². The van der Waals surface area contributed by atoms with Crippen molar-refractivity contribution < 1.29 is 13.9 Å². The van der Waals surface area contributed by atoms with Crippen LogP contribution in [0.25, 0.3) is 16.8 Å². The van der Waals surface area contributed by atoms with Gasteiger partial charge < -0.3 is 9.15 Å². The molecule has 0 bridgehead atoms. The molecule has 3 aromatic rings. The molecular weight excluding hydrogens is 258 g/mol. The largest absolute Gasteiger partial charge is 0.472 e. The minimum Gasteiger partial charge on any atom is -0.472 e. The lowest BCUT2D eigenvalue weighted by Gasteiger charge is -2.01. The fraction of sp³-hybridized carbons (Fsp3) is 0.214. The Morgan fingerprint density at radius 1 is 1.45 bits per heavy atom. The summed E-state index contributed by atoms with van der Waals surface area (Å²) in [5.41, 5.74) is 3.27. The number of ether oxygens (including phenoxy) is 1. The third-order valence-electron chi connectivity index (χ3n) is 2.98. The van der Waals surface area contributed by atoms with Crippen LogP contribution in [0.5, 0.6) is 0 Å². The molecule has 102 valence electrons. The summed E-state index contributed by atoms with van der Waals surface area (Å²) in [6, 6.07) is 1.84. The second kappa shape index (κ2) is 4.80. The molecule has 3 heterocycles. The van der Waals surface area contributed by atoms with Crippen LogP contribution in [0.15, 0.2) is 35.4 Å². The van der Waals surface area contributed by atoms with Crippen LogP contribution in [-0.4, -0.2) is 27.2 Å². The maximum atomic E-state index is 11.9. The zero-order valence-electron chi connectivity index (χ0n) is 11.2. The van der Waals surface area contributed by atoms with Crippen molar-refractivity contribution in [3.05, 3.63) is 42.2 Å². The minimum atomic E-state index is -0.399. The summed E-state index contributed by atoms with van der Waals surface area (Å²) in [7, 11) is 0. The Balaban J connectivity index is 2.12. The van der Waals surface area contributed by atoms with Gasteiger partial charge in [-0.1, -0.05) is 0 Å². The lowest BCUT2D eigenvalue weighted by Crippen LogP contribution is -2.06. The Hall–Kier alpha value is -2.63. The topological polar surface area (TPSA) is 69.6 Å². The molecule has 0 saturated carbocycles. The average molecular weight is 271 g/mol. The number of rotatable bonds is 3. The molecule has 0 radical (unpaired) electrons. The van der Waals surface area contributed by atoms with Crippen molar-refractivity contribution in [3.63, 3.8) is 0 Å². The van der Waals surface area contributed by atoms with E-state index in [1.807, 2.05) is 12.3 Å². The van der Waals surface area contributed by atoms with Crippen molar-refractivity contribution in [2.45, 2.75) is 13.8 Å². The zero-order valence-corrected chi connectivity index (χ0v) is 11.2. The van der Waals surface area contributed by atoms with E-state index in [2.05, 4.69) is 10.1 Å². The second-order valence-electron chi connectivity index (χ2n) is 4.30. The van der Waals surface area contributed by atoms with E-state index < -0.39 is 5.97 Å². The quantitative estimate of drug-likeness (QED) is 0.684. The van der Waals surface area contributed by atoms with E-state index in [1.54, 1.807) is 37.1 Å². The summed E-state index contributed by atoms with van der Waals surface area (Å²) in [4.78, 5) is 16.2. The smallest absolute Gasteiger partial charge is 0.343 e. The average Bonchev–Trinajstić information content (AvgIpc) is 3.03. The highest BCUT2D eigenvalue weighted by atomic mass is 16.5. The van der Waals surface area contributed by atoms with Gasteiger partial charge in [0.25, 0.3) is 0 Å². The van der Waals surface area contributed by atoms with Gasteiger partial charge >= 0.3 is 5.97 Å². The molecule has 0 atom stereocenters. The highest BCUT2D eigenvalue weighted by molar-refractivity contribution is 5.97. The van der Waals surface area contributed by atoms with E-state index in [4.69, 9.17) is 9.15 Å². The number of esters is 1. The van der Waals surface area contributed by atoms with Crippen molar-refractivity contribution in [1.82, 2.24) is 14.6 Å². The molecule has 0 fully saturated rings. The van der Waals surface area contributed by atoms with Crippen molar-refractivity contribution in [2.75, 3.05) is 6.61 Å². The minimum absolute atomic E-state index is 0.322. The molecule has 0 aliphatic heterocycles. The Bertz CT molecular complexity index is 759. The van der Waals surface area contributed by atoms with Crippen LogP contribution in [-0.2, 0) is 4.74 Å². The Morgan fingerprint density at radius 3 is 3.00 bits per heavy atom. The molecule has 6 nitrogen and oxygen atoms in total. The zero-order chi connectivity index (χ0) is 14.1. The fourth-order valence-corrected chi connectivity index (χ4v) is 2.06. The van der Waals surface area contributed by atoms with Crippen LogP contribution in [0.2, 0.25) is 0 Å². The van der Waals surface area contributed by atoms with Gasteiger partial charge in [-0.25, -0.2) is 14.3 Å². The number of furan rings is 1. The lowest BCUT2D eigenvalue weighted by molar-refractivity contribution is 0.0527. The molecule has 0 N–H and O–H groups in total. The van der Waals surface area contributed by atoms with E-state index in [0.29, 0.717) is 23.5 Å². The summed E-state index contributed by atoms with van der Waals surface area (Å²) in [6.45, 7) is 3.85. The molecule has 0 aliphatic rings. The van der Waals surface area contributed by atoms with Crippen molar-refractivity contribution in [1.29, 1.82) is 0 Å². The Morgan fingerprint density at radius 2 is 2.30 bits per heavy atom. The molecule has 6 heteroatoms. The number of aryl methyl sites for hydroxylation is 1. The van der Waals surface area contributed by atoms with Gasteiger partial charge in [-0.15, -0.1) is 0 Å². The summed E-state index contributed by atoms with van der Waals surface area (Å²) in [5, 5.41) is 4.31. The van der Waals surface area contributed by atoms with Gasteiger partial charge in [0.1, 0.15) is 5.56 Å². The summed E-state index contributed by atoms with van der Waals surface area (Å²) >= 11 is 0. The monoisotopic (exact) mass is 271 g/mol. The number of aromatic nitrogens is 3. The maximum absolute atomic E-state index is 11.9. The van der Waals surface area contributed by atoms with Gasteiger partial charge in [0.05, 0.1) is 24.8 Å². The summed E-state index contributed by atoms with van der Waals surface area (Å²) in [5.74, 6) is -0.399. The first kappa shape index (κ1) is 12.4. The molecule has 0 saturated heterocycles. The van der Waals surface area contributed by atoms with Crippen LogP contribution < -0.4 is 0 Å².